The number of ether oxygens (including phenoxy) is 2. The number of benzene rings is 8. The van der Waals surface area contributed by atoms with Gasteiger partial charge in [0, 0.05) is 115 Å². The van der Waals surface area contributed by atoms with Crippen LogP contribution in [0.3, 0.4) is 0 Å². The van der Waals surface area contributed by atoms with Gasteiger partial charge in [-0.25, -0.2) is 54.4 Å². The highest BCUT2D eigenvalue weighted by Crippen LogP contribution is 2.36. The molecule has 8 aromatic carbocycles. The molecule has 1 fully saturated rings. The maximum Gasteiger partial charge on any atom is 0.416 e. The summed E-state index contributed by atoms with van der Waals surface area (Å²) in [6, 6.07) is 49.1. The second-order valence-corrected chi connectivity index (χ2v) is 32.7. The largest absolute Gasteiger partial charge is 0.485 e. The molecule has 0 atom stereocenters. The highest BCUT2D eigenvalue weighted by atomic mass is 32.2. The van der Waals surface area contributed by atoms with Gasteiger partial charge >= 0.3 is 12.4 Å². The number of alkyl halides is 6. The van der Waals surface area contributed by atoms with Gasteiger partial charge in [-0.05, 0) is 157 Å². The van der Waals surface area contributed by atoms with E-state index in [2.05, 4.69) is 81.3 Å². The lowest BCUT2D eigenvalue weighted by Crippen LogP contribution is -2.28. The zero-order valence-electron chi connectivity index (χ0n) is 62.8. The van der Waals surface area contributed by atoms with E-state index < -0.39 is 71.7 Å². The van der Waals surface area contributed by atoms with Crippen LogP contribution in [0.25, 0.3) is 33.4 Å². The van der Waals surface area contributed by atoms with Crippen LogP contribution in [-0.2, 0) is 53.8 Å². The monoisotopic (exact) mass is 1670 g/mol. The Labute approximate surface area is 675 Å². The molecule has 10 N–H and O–H groups in total. The summed E-state index contributed by atoms with van der Waals surface area (Å²) >= 11 is 0. The lowest BCUT2D eigenvalue weighted by Gasteiger charge is -2.14. The number of rotatable bonds is 14. The minimum Gasteiger partial charge on any atom is -0.485 e. The van der Waals surface area contributed by atoms with Crippen LogP contribution >= 0.6 is 0 Å². The number of hydrogen-bond acceptors (Lipinski definition) is 23. The molecule has 4 aliphatic rings. The maximum atomic E-state index is 13.0. The second-order valence-electron chi connectivity index (χ2n) is 27.4. The van der Waals surface area contributed by atoms with E-state index >= 15 is 0 Å². The van der Waals surface area contributed by atoms with E-state index in [0.717, 1.165) is 89.9 Å². The van der Waals surface area contributed by atoms with Crippen molar-refractivity contribution in [3.8, 4) is 44.9 Å². The van der Waals surface area contributed by atoms with Crippen molar-refractivity contribution in [1.82, 2.24) is 49.4 Å². The summed E-state index contributed by atoms with van der Waals surface area (Å²) in [6.07, 6.45) is 1.85. The second kappa shape index (κ2) is 37.2. The third kappa shape index (κ3) is 22.2. The molecule has 6 heterocycles. The van der Waals surface area contributed by atoms with Crippen molar-refractivity contribution in [1.29, 1.82) is 0 Å². The van der Waals surface area contributed by atoms with E-state index in [1.54, 1.807) is 116 Å². The van der Waals surface area contributed by atoms with Crippen molar-refractivity contribution in [2.24, 2.45) is 5.92 Å². The Hall–Kier alpha value is -12.5. The molecule has 1 aliphatic carbocycles. The number of nitrogens with zero attached hydrogens (tertiary/aromatic N) is 6. The molecule has 36 heteroatoms. The zero-order chi connectivity index (χ0) is 83.0. The first-order valence-electron chi connectivity index (χ1n) is 37.3. The first-order valence-corrected chi connectivity index (χ1v) is 41.8. The lowest BCUT2D eigenvalue weighted by atomic mass is 10.0. The van der Waals surface area contributed by atoms with Crippen molar-refractivity contribution in [3.05, 3.63) is 241 Å². The van der Waals surface area contributed by atoms with Gasteiger partial charge in [-0.15, -0.1) is 0 Å². The number of carbonyl (C=O) groups is 3. The smallest absolute Gasteiger partial charge is 0.416 e. The number of fused-ring (bicyclic) bond motifs is 12. The van der Waals surface area contributed by atoms with E-state index in [9.17, 15) is 66.0 Å². The first kappa shape index (κ1) is 83.5. The summed E-state index contributed by atoms with van der Waals surface area (Å²) in [5, 5.41) is 22.0. The normalized spacial score (nSPS) is 15.6. The van der Waals surface area contributed by atoms with E-state index in [1.165, 1.54) is 36.4 Å². The average Bonchev–Trinajstić information content (AvgIpc) is 1.17. The molecule has 0 saturated heterocycles. The Balaban J connectivity index is 0.000000154. The minimum absolute atomic E-state index is 0.0899. The van der Waals surface area contributed by atoms with Crippen molar-refractivity contribution in [3.63, 3.8) is 0 Å². The Morgan fingerprint density at radius 1 is 0.407 bits per heavy atom. The number of carbonyl (C=O) groups excluding carboxylic acids is 3. The molecule has 0 spiro atoms. The van der Waals surface area contributed by atoms with E-state index in [0.29, 0.717) is 115 Å². The van der Waals surface area contributed by atoms with Crippen LogP contribution < -0.4 is 60.9 Å². The molecule has 1 amide bonds. The van der Waals surface area contributed by atoms with Crippen molar-refractivity contribution in [2.45, 2.75) is 78.5 Å². The van der Waals surface area contributed by atoms with E-state index in [4.69, 9.17) is 9.47 Å². The Kier molecular flexibility index (Phi) is 26.3. The number of aromatic nitrogens is 6. The average molecular weight is 1670 g/mol. The fourth-order valence-electron chi connectivity index (χ4n) is 12.7. The summed E-state index contributed by atoms with van der Waals surface area (Å²) in [6.45, 7) is 1.92. The first-order chi connectivity index (χ1) is 56.6. The van der Waals surface area contributed by atoms with Crippen molar-refractivity contribution < 1.29 is 75.5 Å². The number of sulfonamides is 3. The maximum absolute atomic E-state index is 13.0. The molecule has 118 heavy (non-hydrogen) atoms. The quantitative estimate of drug-likeness (QED) is 0.0357. The lowest BCUT2D eigenvalue weighted by molar-refractivity contribution is -0.138. The molecule has 0 unspecified atom stereocenters. The minimum atomic E-state index is -4.55. The number of nitrogens with one attached hydrogen (secondary N) is 10. The standard InChI is InChI=1S/2C28H24F3N5O4S.C26H30N6O3S/c29-28(30,31)20-5-1-4-19(14-20)25(37)17-40-22-10-8-18(9-11-22)24-16-33-27-35-21-6-2-7-23(15-21)41(38,39)34-13-3-12-32-26(24)36-27;29-28(30,31)20-9-5-19(6-10-20)25(37)17-40-22-11-7-18(8-12-22)24-16-33-27-35-21-3-1-4-23(15-21)41(38,39)34-14-2-13-32-26(24)36-27;33-25(20-5-1-2-6-20)28-16-18-9-11-19(12-10-18)23-17-29-26-31-21-7-3-8-22(15-21)36(34,35)30-14-4-13-27-24(23)32-26/h1-2,4-11,14-16,34H,3,12-13,17H2,(H2,32,33,35,36);1,3-12,15-16,34H,2,13-14,17H2,(H2,32,33,35,36);3,7-12,15,17,20,30H,1-2,4-6,13-14,16H2,(H,28,33)(H2,27,29,31,32). The van der Waals surface area contributed by atoms with Gasteiger partial charge in [0.25, 0.3) is 0 Å². The van der Waals surface area contributed by atoms with Gasteiger partial charge in [0.1, 0.15) is 29.0 Å². The molecule has 0 radical (unpaired) electrons. The van der Waals surface area contributed by atoms with Gasteiger partial charge in [0.05, 0.1) is 25.8 Å². The number of hydrogen-bond donors (Lipinski definition) is 10. The van der Waals surface area contributed by atoms with Crippen molar-refractivity contribution in [2.75, 3.05) is 84.4 Å². The summed E-state index contributed by atoms with van der Waals surface area (Å²) in [4.78, 5) is 64.7. The molecule has 15 rings (SSSR count). The van der Waals surface area contributed by atoms with Crippen molar-refractivity contribution >= 4 is 99.9 Å². The zero-order valence-corrected chi connectivity index (χ0v) is 65.2. The number of amides is 1. The van der Waals surface area contributed by atoms with Crippen LogP contribution in [0.5, 0.6) is 11.5 Å². The number of ketones is 2. The third-order valence-corrected chi connectivity index (χ3v) is 23.3. The Morgan fingerprint density at radius 3 is 1.17 bits per heavy atom. The summed E-state index contributed by atoms with van der Waals surface area (Å²) in [5.74, 6) is 2.65. The predicted octanol–water partition coefficient (Wildman–Crippen LogP) is 14.3. The van der Waals surface area contributed by atoms with Gasteiger partial charge < -0.3 is 46.7 Å². The summed E-state index contributed by atoms with van der Waals surface area (Å²) < 4.78 is 171. The molecule has 3 aromatic heterocycles. The van der Waals surface area contributed by atoms with Gasteiger partial charge in [-0.2, -0.15) is 41.3 Å². The van der Waals surface area contributed by atoms with Gasteiger partial charge in [-0.3, -0.25) is 14.4 Å². The third-order valence-electron chi connectivity index (χ3n) is 19.0. The Bertz CT molecular complexity index is 5800. The SMILES string of the molecule is O=C(COc1ccc(-c2cnc3nc2NCCCNS(=O)(=O)c2cccc(c2)N3)cc1)c1ccc(C(F)(F)F)cc1.O=C(COc1ccc(-c2cnc3nc2NCCCNS(=O)(=O)c2cccc(c2)N3)cc1)c1cccc(C(F)(F)F)c1.O=C(NCc1ccc(-c2cnc3nc2NCCCNS(=O)(=O)c2cccc(c2)N3)cc1)C1CCCC1. The van der Waals surface area contributed by atoms with Crippen LogP contribution in [0.2, 0.25) is 0 Å². The topological polar surface area (TPSA) is 370 Å². The molecule has 12 bridgehead atoms. The van der Waals surface area contributed by atoms with Crippen LogP contribution in [-0.4, -0.2) is 125 Å². The number of Topliss-reactive ketones (excluding diaryl/α,β-unsaturated/α-hetero) is 2. The molecule has 11 aromatic rings. The van der Waals surface area contributed by atoms with Crippen LogP contribution in [0.4, 0.5) is 78.7 Å². The molecular formula is C82H78F6N16O11S3. The highest BCUT2D eigenvalue weighted by Gasteiger charge is 2.32. The fraction of sp³-hybridized carbons (Fsp3) is 0.232. The number of halogens is 6. The summed E-state index contributed by atoms with van der Waals surface area (Å²) in [7, 11) is -10.9. The molecular weight excluding hydrogens is 1600 g/mol. The molecule has 1 saturated carbocycles. The molecule has 3 aliphatic heterocycles. The van der Waals surface area contributed by atoms with Crippen LogP contribution in [0, 0.1) is 5.92 Å². The fourth-order valence-corrected chi connectivity index (χ4v) is 16.1. The van der Waals surface area contributed by atoms with Gasteiger partial charge in [-0.1, -0.05) is 104 Å². The number of anilines is 9. The van der Waals surface area contributed by atoms with Crippen LogP contribution in [0.15, 0.2) is 227 Å². The summed E-state index contributed by atoms with van der Waals surface area (Å²) in [5.41, 5.74) is 5.57. The molecule has 27 nitrogen and oxygen atoms in total. The van der Waals surface area contributed by atoms with Crippen LogP contribution in [0.1, 0.15) is 82.4 Å². The predicted molar refractivity (Wildman–Crippen MR) is 433 cm³/mol. The Morgan fingerprint density at radius 2 is 0.780 bits per heavy atom. The van der Waals surface area contributed by atoms with E-state index in [-0.39, 0.29) is 69.2 Å². The van der Waals surface area contributed by atoms with E-state index in [1.807, 2.05) is 24.3 Å². The van der Waals surface area contributed by atoms with Gasteiger partial charge in [0.15, 0.2) is 24.8 Å². The highest BCUT2D eigenvalue weighted by molar-refractivity contribution is 7.90. The molecule has 612 valence electrons. The van der Waals surface area contributed by atoms with Gasteiger partial charge in [0.2, 0.25) is 53.8 Å².